The quantitative estimate of drug-likeness (QED) is 0.711. The molecule has 5 heteroatoms. The molecule has 0 spiro atoms. The number of carbonyl (C=O) groups excluding carboxylic acids is 1. The number of amides is 1. The molecular weight excluding hydrogens is 286 g/mol. The van der Waals surface area contributed by atoms with Gasteiger partial charge < -0.3 is 14.8 Å². The first kappa shape index (κ1) is 14.0. The molecule has 2 aromatic carbocycles. The first-order chi connectivity index (χ1) is 10.3. The minimum absolute atomic E-state index is 0.0383. The Balaban J connectivity index is 1.80. The molecule has 1 aromatic heterocycles. The largest absolute Gasteiger partial charge is 0.456 e. The van der Waals surface area contributed by atoms with Crippen molar-refractivity contribution in [2.45, 2.75) is 4.90 Å². The number of aliphatic hydroxyl groups is 1. The van der Waals surface area contributed by atoms with E-state index >= 15 is 0 Å². The van der Waals surface area contributed by atoms with E-state index in [2.05, 4.69) is 5.32 Å². The minimum Gasteiger partial charge on any atom is -0.456 e. The lowest BCUT2D eigenvalue weighted by Crippen LogP contribution is -2.27. The number of aliphatic hydroxyl groups excluding tert-OH is 1. The van der Waals surface area contributed by atoms with Crippen LogP contribution in [-0.2, 0) is 4.79 Å². The second-order valence-electron chi connectivity index (χ2n) is 4.62. The Labute approximate surface area is 126 Å². The Bertz CT molecular complexity index is 781. The van der Waals surface area contributed by atoms with Crippen LogP contribution in [0.2, 0.25) is 0 Å². The molecule has 1 heterocycles. The molecule has 3 aromatic rings. The highest BCUT2D eigenvalue weighted by molar-refractivity contribution is 8.00. The molecule has 0 aliphatic heterocycles. The van der Waals surface area contributed by atoms with Crippen LogP contribution in [0.25, 0.3) is 21.9 Å². The van der Waals surface area contributed by atoms with E-state index in [1.807, 2.05) is 42.5 Å². The first-order valence-corrected chi connectivity index (χ1v) is 7.68. The van der Waals surface area contributed by atoms with Crippen molar-refractivity contribution in [1.82, 2.24) is 5.32 Å². The van der Waals surface area contributed by atoms with Crippen LogP contribution < -0.4 is 5.32 Å². The zero-order valence-corrected chi connectivity index (χ0v) is 12.2. The smallest absolute Gasteiger partial charge is 0.230 e. The van der Waals surface area contributed by atoms with Gasteiger partial charge in [0.15, 0.2) is 0 Å². The Morgan fingerprint density at radius 1 is 1.14 bits per heavy atom. The third-order valence-corrected chi connectivity index (χ3v) is 4.15. The van der Waals surface area contributed by atoms with Crippen LogP contribution >= 0.6 is 11.8 Å². The third-order valence-electron chi connectivity index (χ3n) is 3.15. The fourth-order valence-electron chi connectivity index (χ4n) is 2.19. The summed E-state index contributed by atoms with van der Waals surface area (Å²) in [6.45, 7) is 0.258. The second kappa shape index (κ2) is 6.20. The lowest BCUT2D eigenvalue weighted by molar-refractivity contribution is -0.118. The van der Waals surface area contributed by atoms with Crippen LogP contribution in [0.15, 0.2) is 51.8 Å². The summed E-state index contributed by atoms with van der Waals surface area (Å²) in [6.07, 6.45) is 0. The lowest BCUT2D eigenvalue weighted by atomic mass is 10.1. The summed E-state index contributed by atoms with van der Waals surface area (Å²) in [5.41, 5.74) is 1.72. The van der Waals surface area contributed by atoms with Crippen LogP contribution in [0, 0.1) is 0 Å². The number of hydrogen-bond acceptors (Lipinski definition) is 4. The van der Waals surface area contributed by atoms with Gasteiger partial charge in [0.1, 0.15) is 11.2 Å². The molecule has 4 nitrogen and oxygen atoms in total. The fourth-order valence-corrected chi connectivity index (χ4v) is 2.96. The van der Waals surface area contributed by atoms with Gasteiger partial charge in [-0.25, -0.2) is 0 Å². The van der Waals surface area contributed by atoms with Gasteiger partial charge in [-0.2, -0.15) is 0 Å². The normalized spacial score (nSPS) is 11.1. The minimum atomic E-state index is -0.0776. The summed E-state index contributed by atoms with van der Waals surface area (Å²) in [5, 5.41) is 13.4. The Morgan fingerprint density at radius 3 is 2.81 bits per heavy atom. The Morgan fingerprint density at radius 2 is 1.95 bits per heavy atom. The molecule has 0 radical (unpaired) electrons. The SMILES string of the molecule is O=C(CSc1ccc2oc3ccccc3c2c1)NCCO. The van der Waals surface area contributed by atoms with Crippen molar-refractivity contribution in [1.29, 1.82) is 0 Å². The first-order valence-electron chi connectivity index (χ1n) is 6.69. The van der Waals surface area contributed by atoms with Crippen molar-refractivity contribution >= 4 is 39.6 Å². The summed E-state index contributed by atoms with van der Waals surface area (Å²) in [4.78, 5) is 12.6. The molecular formula is C16H15NO3S. The topological polar surface area (TPSA) is 62.5 Å². The van der Waals surface area contributed by atoms with E-state index in [0.29, 0.717) is 12.3 Å². The maximum Gasteiger partial charge on any atom is 0.230 e. The number of carbonyl (C=O) groups is 1. The van der Waals surface area contributed by atoms with Crippen LogP contribution in [0.3, 0.4) is 0 Å². The second-order valence-corrected chi connectivity index (χ2v) is 5.67. The van der Waals surface area contributed by atoms with Crippen LogP contribution in [0.5, 0.6) is 0 Å². The van der Waals surface area contributed by atoms with Crippen molar-refractivity contribution in [2.75, 3.05) is 18.9 Å². The van der Waals surface area contributed by atoms with E-state index in [0.717, 1.165) is 26.8 Å². The number of benzene rings is 2. The maximum absolute atomic E-state index is 11.5. The highest BCUT2D eigenvalue weighted by atomic mass is 32.2. The van der Waals surface area contributed by atoms with Crippen molar-refractivity contribution in [3.8, 4) is 0 Å². The Hall–Kier alpha value is -1.98. The highest BCUT2D eigenvalue weighted by Gasteiger charge is 2.08. The number of para-hydroxylation sites is 1. The summed E-state index contributed by atoms with van der Waals surface area (Å²) in [6, 6.07) is 13.8. The van der Waals surface area contributed by atoms with E-state index in [-0.39, 0.29) is 12.5 Å². The van der Waals surface area contributed by atoms with Gasteiger partial charge in [0.2, 0.25) is 5.91 Å². The van der Waals surface area contributed by atoms with E-state index < -0.39 is 0 Å². The third kappa shape index (κ3) is 3.04. The number of fused-ring (bicyclic) bond motifs is 3. The molecule has 0 saturated heterocycles. The van der Waals surface area contributed by atoms with Crippen LogP contribution in [0.4, 0.5) is 0 Å². The molecule has 21 heavy (non-hydrogen) atoms. The molecule has 3 rings (SSSR count). The van der Waals surface area contributed by atoms with Gasteiger partial charge in [0.25, 0.3) is 0 Å². The molecule has 2 N–H and O–H groups in total. The van der Waals surface area contributed by atoms with E-state index in [9.17, 15) is 4.79 Å². The van der Waals surface area contributed by atoms with Gasteiger partial charge in [-0.15, -0.1) is 11.8 Å². The molecule has 108 valence electrons. The summed E-state index contributed by atoms with van der Waals surface area (Å²) >= 11 is 1.47. The monoisotopic (exact) mass is 301 g/mol. The summed E-state index contributed by atoms with van der Waals surface area (Å²) in [7, 11) is 0. The summed E-state index contributed by atoms with van der Waals surface area (Å²) in [5.74, 6) is 0.257. The van der Waals surface area contributed by atoms with E-state index in [1.54, 1.807) is 0 Å². The molecule has 0 fully saturated rings. The predicted octanol–water partition coefficient (Wildman–Crippen LogP) is 2.79. The zero-order chi connectivity index (χ0) is 14.7. The van der Waals surface area contributed by atoms with Gasteiger partial charge in [-0.3, -0.25) is 4.79 Å². The van der Waals surface area contributed by atoms with Gasteiger partial charge in [0.05, 0.1) is 12.4 Å². The molecule has 0 saturated carbocycles. The van der Waals surface area contributed by atoms with Gasteiger partial charge >= 0.3 is 0 Å². The molecule has 0 aliphatic rings. The summed E-state index contributed by atoms with van der Waals surface area (Å²) < 4.78 is 5.77. The predicted molar refractivity (Wildman–Crippen MR) is 84.5 cm³/mol. The van der Waals surface area contributed by atoms with Gasteiger partial charge in [-0.1, -0.05) is 18.2 Å². The Kier molecular flexibility index (Phi) is 4.13. The van der Waals surface area contributed by atoms with Crippen LogP contribution in [-0.4, -0.2) is 29.9 Å². The molecule has 0 atom stereocenters. The molecule has 1 amide bonds. The van der Waals surface area contributed by atoms with Gasteiger partial charge in [-0.05, 0) is 24.3 Å². The van der Waals surface area contributed by atoms with Crippen LogP contribution in [0.1, 0.15) is 0 Å². The van der Waals surface area contributed by atoms with E-state index in [4.69, 9.17) is 9.52 Å². The lowest BCUT2D eigenvalue weighted by Gasteiger charge is -2.03. The fraction of sp³-hybridized carbons (Fsp3) is 0.188. The number of hydrogen-bond donors (Lipinski definition) is 2. The van der Waals surface area contributed by atoms with Crippen molar-refractivity contribution < 1.29 is 14.3 Å². The van der Waals surface area contributed by atoms with Crippen molar-refractivity contribution in [3.05, 3.63) is 42.5 Å². The standard InChI is InChI=1S/C16H15NO3S/c18-8-7-17-16(19)10-21-11-5-6-15-13(9-11)12-3-1-2-4-14(12)20-15/h1-6,9,18H,7-8,10H2,(H,17,19). The number of furan rings is 1. The number of thioether (sulfide) groups is 1. The van der Waals surface area contributed by atoms with Crippen molar-refractivity contribution in [2.24, 2.45) is 0 Å². The number of nitrogens with one attached hydrogen (secondary N) is 1. The zero-order valence-electron chi connectivity index (χ0n) is 11.3. The molecule has 0 unspecified atom stereocenters. The highest BCUT2D eigenvalue weighted by Crippen LogP contribution is 2.31. The molecule has 0 aliphatic carbocycles. The van der Waals surface area contributed by atoms with E-state index in [1.165, 1.54) is 11.8 Å². The average molecular weight is 301 g/mol. The number of rotatable bonds is 5. The van der Waals surface area contributed by atoms with Crippen molar-refractivity contribution in [3.63, 3.8) is 0 Å². The molecule has 0 bridgehead atoms. The van der Waals surface area contributed by atoms with Gasteiger partial charge in [0, 0.05) is 22.2 Å². The average Bonchev–Trinajstić information content (AvgIpc) is 2.89. The maximum atomic E-state index is 11.5.